The second-order valence-electron chi connectivity index (χ2n) is 6.02. The maximum atomic E-state index is 11.3. The van der Waals surface area contributed by atoms with E-state index in [4.69, 9.17) is 16.7 Å². The van der Waals surface area contributed by atoms with Crippen LogP contribution in [0.3, 0.4) is 0 Å². The summed E-state index contributed by atoms with van der Waals surface area (Å²) in [6.07, 6.45) is 5.72. The summed E-state index contributed by atoms with van der Waals surface area (Å²) in [7, 11) is 0. The number of nitriles is 1. The number of hydrogen-bond acceptors (Lipinski definition) is 9. The molecule has 0 saturated heterocycles. The van der Waals surface area contributed by atoms with Crippen molar-refractivity contribution < 1.29 is 4.79 Å². The fourth-order valence-electron chi connectivity index (χ4n) is 2.88. The van der Waals surface area contributed by atoms with Crippen molar-refractivity contribution in [1.29, 1.82) is 5.26 Å². The maximum Gasteiger partial charge on any atom is 0.259 e. The van der Waals surface area contributed by atoms with Gasteiger partial charge in [0.1, 0.15) is 5.92 Å². The first-order valence-electron chi connectivity index (χ1n) is 8.03. The van der Waals surface area contributed by atoms with Crippen LogP contribution in [-0.4, -0.2) is 36.5 Å². The minimum absolute atomic E-state index is 0.107. The van der Waals surface area contributed by atoms with Crippen LogP contribution in [0.1, 0.15) is 43.2 Å². The summed E-state index contributed by atoms with van der Waals surface area (Å²) in [6.45, 7) is 0. The van der Waals surface area contributed by atoms with Crippen LogP contribution >= 0.6 is 12.6 Å². The molecule has 132 valence electrons. The summed E-state index contributed by atoms with van der Waals surface area (Å²) < 4.78 is 1.25. The number of primary amides is 1. The largest absolute Gasteiger partial charge is 0.368 e. The zero-order chi connectivity index (χ0) is 18.0. The molecule has 10 nitrogen and oxygen atoms in total. The molecule has 25 heavy (non-hydrogen) atoms. The topological polar surface area (TPSA) is 161 Å². The molecule has 2 aromatic rings. The minimum atomic E-state index is -1.16. The second kappa shape index (κ2) is 7.10. The Morgan fingerprint density at radius 2 is 2.04 bits per heavy atom. The maximum absolute atomic E-state index is 11.3. The highest BCUT2D eigenvalue weighted by atomic mass is 32.1. The molecular formula is C14H19N9OS. The van der Waals surface area contributed by atoms with Gasteiger partial charge in [0.15, 0.2) is 5.82 Å². The van der Waals surface area contributed by atoms with Crippen LogP contribution < -0.4 is 16.8 Å². The molecule has 5 N–H and O–H groups in total. The standard InChI is InChI=1S/C14H19N9OS/c15-6-8(10(16)24)9(25)11-19-14-21-13(20-12(17)23(14)22-11)18-7-4-2-1-3-5-7/h7-9,25H,1-5H2,(H2,16,24)(H3,17,18,19,20,21,22)/t8-,9+/m0/s1. The van der Waals surface area contributed by atoms with E-state index in [-0.39, 0.29) is 17.6 Å². The van der Waals surface area contributed by atoms with Gasteiger partial charge in [-0.1, -0.05) is 19.3 Å². The molecule has 0 aliphatic heterocycles. The number of anilines is 2. The van der Waals surface area contributed by atoms with Crippen LogP contribution in [0.15, 0.2) is 0 Å². The number of carbonyl (C=O) groups is 1. The third-order valence-electron chi connectivity index (χ3n) is 4.21. The average molecular weight is 361 g/mol. The number of nitrogens with zero attached hydrogens (tertiary/aromatic N) is 6. The Labute approximate surface area is 149 Å². The Morgan fingerprint density at radius 3 is 2.68 bits per heavy atom. The molecule has 1 aliphatic carbocycles. The highest BCUT2D eigenvalue weighted by Gasteiger charge is 2.29. The van der Waals surface area contributed by atoms with Crippen molar-refractivity contribution in [3.63, 3.8) is 0 Å². The van der Waals surface area contributed by atoms with E-state index in [1.54, 1.807) is 6.07 Å². The number of nitrogens with two attached hydrogens (primary N) is 2. The van der Waals surface area contributed by atoms with Gasteiger partial charge in [0.25, 0.3) is 5.78 Å². The second-order valence-corrected chi connectivity index (χ2v) is 6.58. The van der Waals surface area contributed by atoms with Crippen LogP contribution in [-0.2, 0) is 4.79 Å². The normalized spacial score (nSPS) is 17.8. The van der Waals surface area contributed by atoms with E-state index in [1.807, 2.05) is 0 Å². The molecular weight excluding hydrogens is 342 g/mol. The number of amides is 1. The van der Waals surface area contributed by atoms with E-state index >= 15 is 0 Å². The number of thiol groups is 1. The summed E-state index contributed by atoms with van der Waals surface area (Å²) in [4.78, 5) is 24.1. The van der Waals surface area contributed by atoms with Crippen molar-refractivity contribution in [1.82, 2.24) is 24.6 Å². The van der Waals surface area contributed by atoms with E-state index in [2.05, 4.69) is 38.0 Å². The average Bonchev–Trinajstić information content (AvgIpc) is 3.00. The van der Waals surface area contributed by atoms with Crippen molar-refractivity contribution in [2.75, 3.05) is 11.1 Å². The predicted octanol–water partition coefficient (Wildman–Crippen LogP) is 0.442. The van der Waals surface area contributed by atoms with Gasteiger partial charge in [-0.15, -0.1) is 5.10 Å². The first kappa shape index (κ1) is 17.2. The molecule has 0 radical (unpaired) electrons. The predicted molar refractivity (Wildman–Crippen MR) is 93.5 cm³/mol. The lowest BCUT2D eigenvalue weighted by molar-refractivity contribution is -0.120. The summed E-state index contributed by atoms with van der Waals surface area (Å²) in [5.74, 6) is -1.09. The van der Waals surface area contributed by atoms with Crippen molar-refractivity contribution in [2.24, 2.45) is 11.7 Å². The number of carbonyl (C=O) groups excluding carboxylic acids is 1. The van der Waals surface area contributed by atoms with Crippen LogP contribution in [0, 0.1) is 17.2 Å². The van der Waals surface area contributed by atoms with Gasteiger partial charge in [-0.05, 0) is 12.8 Å². The summed E-state index contributed by atoms with van der Waals surface area (Å²) in [5, 5.41) is 15.6. The van der Waals surface area contributed by atoms with Crippen molar-refractivity contribution in [3.05, 3.63) is 5.82 Å². The molecule has 2 heterocycles. The summed E-state index contributed by atoms with van der Waals surface area (Å²) >= 11 is 4.24. The first-order valence-corrected chi connectivity index (χ1v) is 8.55. The lowest BCUT2D eigenvalue weighted by Crippen LogP contribution is -2.26. The van der Waals surface area contributed by atoms with E-state index in [9.17, 15) is 4.79 Å². The Morgan fingerprint density at radius 1 is 1.32 bits per heavy atom. The zero-order valence-corrected chi connectivity index (χ0v) is 14.4. The number of nitrogens with one attached hydrogen (secondary N) is 1. The fraction of sp³-hybridized carbons (Fsp3) is 0.571. The Kier molecular flexibility index (Phi) is 4.89. The van der Waals surface area contributed by atoms with Gasteiger partial charge in [0.2, 0.25) is 17.8 Å². The number of rotatable bonds is 5. The van der Waals surface area contributed by atoms with Crippen molar-refractivity contribution in [2.45, 2.75) is 43.4 Å². The number of hydrogen-bond donors (Lipinski definition) is 4. The minimum Gasteiger partial charge on any atom is -0.368 e. The molecule has 0 unspecified atom stereocenters. The SMILES string of the molecule is N#C[C@H](C(N)=O)[C@@H](S)c1nc2nc(NC3CCCCC3)nc(N)n2n1. The van der Waals surface area contributed by atoms with E-state index < -0.39 is 17.1 Å². The highest BCUT2D eigenvalue weighted by molar-refractivity contribution is 7.80. The fourth-order valence-corrected chi connectivity index (χ4v) is 3.20. The Hall–Kier alpha value is -2.61. The number of aromatic nitrogens is 5. The van der Waals surface area contributed by atoms with Gasteiger partial charge in [-0.2, -0.15) is 37.4 Å². The molecule has 3 rings (SSSR count). The number of nitrogen functional groups attached to an aromatic ring is 1. The smallest absolute Gasteiger partial charge is 0.259 e. The van der Waals surface area contributed by atoms with Gasteiger partial charge in [0.05, 0.1) is 11.3 Å². The molecule has 1 saturated carbocycles. The molecule has 2 aromatic heterocycles. The van der Waals surface area contributed by atoms with E-state index in [0.717, 1.165) is 12.8 Å². The molecule has 0 spiro atoms. The molecule has 1 aliphatic rings. The lowest BCUT2D eigenvalue weighted by Gasteiger charge is -2.22. The molecule has 2 atom stereocenters. The van der Waals surface area contributed by atoms with Crippen molar-refractivity contribution in [3.8, 4) is 6.07 Å². The highest BCUT2D eigenvalue weighted by Crippen LogP contribution is 2.26. The first-order chi connectivity index (χ1) is 12.0. The van der Waals surface area contributed by atoms with Gasteiger partial charge in [0, 0.05) is 6.04 Å². The van der Waals surface area contributed by atoms with Gasteiger partial charge in [-0.3, -0.25) is 4.79 Å². The third kappa shape index (κ3) is 3.58. The molecule has 1 amide bonds. The molecule has 0 aromatic carbocycles. The summed E-state index contributed by atoms with van der Waals surface area (Å²) in [5.41, 5.74) is 11.1. The van der Waals surface area contributed by atoms with Gasteiger partial charge < -0.3 is 16.8 Å². The van der Waals surface area contributed by atoms with Crippen LogP contribution in [0.25, 0.3) is 5.78 Å². The van der Waals surface area contributed by atoms with E-state index in [1.165, 1.54) is 23.8 Å². The van der Waals surface area contributed by atoms with Crippen LogP contribution in [0.2, 0.25) is 0 Å². The number of fused-ring (bicyclic) bond motifs is 1. The van der Waals surface area contributed by atoms with Gasteiger partial charge in [-0.25, -0.2) is 0 Å². The summed E-state index contributed by atoms with van der Waals surface area (Å²) in [6, 6.07) is 2.12. The quantitative estimate of drug-likeness (QED) is 0.558. The molecule has 11 heteroatoms. The Bertz CT molecular complexity index is 824. The Balaban J connectivity index is 1.88. The van der Waals surface area contributed by atoms with Crippen LogP contribution in [0.4, 0.5) is 11.9 Å². The molecule has 1 fully saturated rings. The monoisotopic (exact) mass is 361 g/mol. The third-order valence-corrected chi connectivity index (χ3v) is 4.74. The lowest BCUT2D eigenvalue weighted by atomic mass is 9.96. The zero-order valence-electron chi connectivity index (χ0n) is 13.5. The van der Waals surface area contributed by atoms with Gasteiger partial charge >= 0.3 is 0 Å². The van der Waals surface area contributed by atoms with E-state index in [0.29, 0.717) is 12.0 Å². The molecule has 0 bridgehead atoms. The van der Waals surface area contributed by atoms with Crippen molar-refractivity contribution >= 4 is 36.2 Å². The van der Waals surface area contributed by atoms with Crippen LogP contribution in [0.5, 0.6) is 0 Å².